The van der Waals surface area contributed by atoms with Gasteiger partial charge in [0.2, 0.25) is 0 Å². The maximum Gasteiger partial charge on any atom is 0.253 e. The SMILES string of the molecule is CCCCCN(C)C(=O)c1ccn(C)c(=O)c1. The lowest BCUT2D eigenvalue weighted by molar-refractivity contribution is 0.0792. The molecule has 0 radical (unpaired) electrons. The minimum absolute atomic E-state index is 0.0844. The highest BCUT2D eigenvalue weighted by molar-refractivity contribution is 5.93. The Kier molecular flexibility index (Phi) is 4.94. The number of aryl methyl sites for hydroxylation is 1. The number of hydrogen-bond acceptors (Lipinski definition) is 2. The van der Waals surface area contributed by atoms with Crippen LogP contribution in [0.1, 0.15) is 36.5 Å². The van der Waals surface area contributed by atoms with Crippen LogP contribution in [0.4, 0.5) is 0 Å². The summed E-state index contributed by atoms with van der Waals surface area (Å²) >= 11 is 0. The topological polar surface area (TPSA) is 42.3 Å². The highest BCUT2D eigenvalue weighted by atomic mass is 16.2. The number of unbranched alkanes of at least 4 members (excludes halogenated alkanes) is 2. The molecule has 0 saturated heterocycles. The third kappa shape index (κ3) is 3.73. The van der Waals surface area contributed by atoms with E-state index in [0.29, 0.717) is 5.56 Å². The molecule has 0 saturated carbocycles. The van der Waals surface area contributed by atoms with Gasteiger partial charge in [0.25, 0.3) is 11.5 Å². The normalized spacial score (nSPS) is 10.3. The maximum absolute atomic E-state index is 12.0. The lowest BCUT2D eigenvalue weighted by Crippen LogP contribution is -2.29. The van der Waals surface area contributed by atoms with E-state index in [0.717, 1.165) is 25.8 Å². The largest absolute Gasteiger partial charge is 0.342 e. The summed E-state index contributed by atoms with van der Waals surface area (Å²) in [7, 11) is 3.44. The van der Waals surface area contributed by atoms with Gasteiger partial charge in [-0.25, -0.2) is 0 Å². The Labute approximate surface area is 102 Å². The Morgan fingerprint density at radius 2 is 2.12 bits per heavy atom. The summed E-state index contributed by atoms with van der Waals surface area (Å²) in [6.45, 7) is 2.87. The first kappa shape index (κ1) is 13.5. The molecule has 0 unspecified atom stereocenters. The van der Waals surface area contributed by atoms with E-state index in [4.69, 9.17) is 0 Å². The fourth-order valence-electron chi connectivity index (χ4n) is 1.60. The van der Waals surface area contributed by atoms with Gasteiger partial charge in [-0.3, -0.25) is 9.59 Å². The molecule has 1 aromatic rings. The molecule has 0 fully saturated rings. The van der Waals surface area contributed by atoms with Gasteiger partial charge in [-0.1, -0.05) is 19.8 Å². The molecule has 1 heterocycles. The highest BCUT2D eigenvalue weighted by Crippen LogP contribution is 2.03. The molecule has 1 rings (SSSR count). The predicted molar refractivity (Wildman–Crippen MR) is 68.2 cm³/mol. The van der Waals surface area contributed by atoms with Crippen LogP contribution in [0, 0.1) is 0 Å². The summed E-state index contributed by atoms with van der Waals surface area (Å²) < 4.78 is 1.45. The minimum Gasteiger partial charge on any atom is -0.342 e. The fraction of sp³-hybridized carbons (Fsp3) is 0.538. The number of carbonyl (C=O) groups is 1. The van der Waals surface area contributed by atoms with E-state index in [1.54, 1.807) is 31.3 Å². The number of aromatic nitrogens is 1. The van der Waals surface area contributed by atoms with Crippen LogP contribution in [0.15, 0.2) is 23.1 Å². The zero-order chi connectivity index (χ0) is 12.8. The number of carbonyl (C=O) groups excluding carboxylic acids is 1. The summed E-state index contributed by atoms with van der Waals surface area (Å²) in [6, 6.07) is 3.07. The van der Waals surface area contributed by atoms with Crippen LogP contribution >= 0.6 is 0 Å². The van der Waals surface area contributed by atoms with Gasteiger partial charge in [0.15, 0.2) is 0 Å². The number of rotatable bonds is 5. The third-order valence-electron chi connectivity index (χ3n) is 2.80. The minimum atomic E-state index is -0.155. The van der Waals surface area contributed by atoms with E-state index in [1.807, 2.05) is 0 Å². The van der Waals surface area contributed by atoms with Crippen molar-refractivity contribution in [1.29, 1.82) is 0 Å². The molecule has 0 aromatic carbocycles. The molecule has 0 bridgehead atoms. The molecule has 0 aliphatic rings. The molecule has 1 amide bonds. The molecule has 17 heavy (non-hydrogen) atoms. The van der Waals surface area contributed by atoms with Crippen molar-refractivity contribution in [3.05, 3.63) is 34.2 Å². The Morgan fingerprint density at radius 3 is 2.71 bits per heavy atom. The van der Waals surface area contributed by atoms with Crippen LogP contribution < -0.4 is 5.56 Å². The van der Waals surface area contributed by atoms with Crippen molar-refractivity contribution in [3.8, 4) is 0 Å². The molecule has 0 N–H and O–H groups in total. The predicted octanol–water partition coefficient (Wildman–Crippen LogP) is 1.65. The van der Waals surface area contributed by atoms with Crippen molar-refractivity contribution < 1.29 is 4.79 Å². The van der Waals surface area contributed by atoms with E-state index in [1.165, 1.54) is 10.6 Å². The van der Waals surface area contributed by atoms with Gasteiger partial charge in [0.1, 0.15) is 0 Å². The molecule has 0 atom stereocenters. The molecule has 1 aromatic heterocycles. The monoisotopic (exact) mass is 236 g/mol. The average Bonchev–Trinajstić information content (AvgIpc) is 2.32. The van der Waals surface area contributed by atoms with E-state index >= 15 is 0 Å². The van der Waals surface area contributed by atoms with E-state index in [2.05, 4.69) is 6.92 Å². The summed E-state index contributed by atoms with van der Waals surface area (Å²) in [5, 5.41) is 0. The van der Waals surface area contributed by atoms with Crippen molar-refractivity contribution in [1.82, 2.24) is 9.47 Å². The van der Waals surface area contributed by atoms with Gasteiger partial charge >= 0.3 is 0 Å². The van der Waals surface area contributed by atoms with Crippen molar-refractivity contribution in [3.63, 3.8) is 0 Å². The molecule has 94 valence electrons. The Hall–Kier alpha value is -1.58. The number of nitrogens with zero attached hydrogens (tertiary/aromatic N) is 2. The van der Waals surface area contributed by atoms with Crippen LogP contribution in [0.5, 0.6) is 0 Å². The van der Waals surface area contributed by atoms with Crippen molar-refractivity contribution in [2.24, 2.45) is 7.05 Å². The molecule has 4 heteroatoms. The Balaban J connectivity index is 2.68. The molecule has 0 spiro atoms. The summed E-state index contributed by atoms with van der Waals surface area (Å²) in [5.74, 6) is -0.0844. The third-order valence-corrected chi connectivity index (χ3v) is 2.80. The van der Waals surface area contributed by atoms with Crippen molar-refractivity contribution >= 4 is 5.91 Å². The molecule has 4 nitrogen and oxygen atoms in total. The van der Waals surface area contributed by atoms with Gasteiger partial charge in [-0.05, 0) is 12.5 Å². The van der Waals surface area contributed by atoms with Crippen molar-refractivity contribution in [2.45, 2.75) is 26.2 Å². The lowest BCUT2D eigenvalue weighted by Gasteiger charge is -2.16. The van der Waals surface area contributed by atoms with Gasteiger partial charge in [0.05, 0.1) is 0 Å². The zero-order valence-corrected chi connectivity index (χ0v) is 10.8. The zero-order valence-electron chi connectivity index (χ0n) is 10.8. The van der Waals surface area contributed by atoms with Crippen LogP contribution in [0.25, 0.3) is 0 Å². The summed E-state index contributed by atoms with van der Waals surface area (Å²) in [6.07, 6.45) is 4.88. The molecular formula is C13H20N2O2. The second-order valence-corrected chi connectivity index (χ2v) is 4.30. The summed E-state index contributed by atoms with van der Waals surface area (Å²) in [5.41, 5.74) is 0.310. The molecule has 0 aliphatic carbocycles. The van der Waals surface area contributed by atoms with Crippen LogP contribution in [-0.4, -0.2) is 29.0 Å². The van der Waals surface area contributed by atoms with E-state index < -0.39 is 0 Å². The Morgan fingerprint density at radius 1 is 1.41 bits per heavy atom. The van der Waals surface area contributed by atoms with E-state index in [9.17, 15) is 9.59 Å². The molecular weight excluding hydrogens is 216 g/mol. The Bertz CT molecular complexity index is 437. The van der Waals surface area contributed by atoms with Gasteiger partial charge in [0, 0.05) is 38.5 Å². The smallest absolute Gasteiger partial charge is 0.253 e. The second-order valence-electron chi connectivity index (χ2n) is 4.30. The van der Waals surface area contributed by atoms with E-state index in [-0.39, 0.29) is 11.5 Å². The number of hydrogen-bond donors (Lipinski definition) is 0. The van der Waals surface area contributed by atoms with Crippen LogP contribution in [-0.2, 0) is 7.05 Å². The number of amides is 1. The first-order valence-electron chi connectivity index (χ1n) is 5.98. The highest BCUT2D eigenvalue weighted by Gasteiger charge is 2.11. The standard InChI is InChI=1S/C13H20N2O2/c1-4-5-6-8-15(3)13(17)11-7-9-14(2)12(16)10-11/h7,9-10H,4-6,8H2,1-3H3. The van der Waals surface area contributed by atoms with Gasteiger partial charge < -0.3 is 9.47 Å². The van der Waals surface area contributed by atoms with Gasteiger partial charge in [-0.2, -0.15) is 0 Å². The maximum atomic E-state index is 12.0. The quantitative estimate of drug-likeness (QED) is 0.729. The second kappa shape index (κ2) is 6.23. The first-order chi connectivity index (χ1) is 8.06. The summed E-state index contributed by atoms with van der Waals surface area (Å²) in [4.78, 5) is 25.1. The number of pyridine rings is 1. The first-order valence-corrected chi connectivity index (χ1v) is 5.98. The average molecular weight is 236 g/mol. The fourth-order valence-corrected chi connectivity index (χ4v) is 1.60. The van der Waals surface area contributed by atoms with Crippen molar-refractivity contribution in [2.75, 3.05) is 13.6 Å². The van der Waals surface area contributed by atoms with Crippen LogP contribution in [0.2, 0.25) is 0 Å². The van der Waals surface area contributed by atoms with Crippen LogP contribution in [0.3, 0.4) is 0 Å². The van der Waals surface area contributed by atoms with Gasteiger partial charge in [-0.15, -0.1) is 0 Å². The molecule has 0 aliphatic heterocycles. The lowest BCUT2D eigenvalue weighted by atomic mass is 10.2.